The second-order valence-electron chi connectivity index (χ2n) is 2.85. The average molecular weight is 205 g/mol. The number of carbonyl (C=O) groups is 1. The van der Waals surface area contributed by atoms with E-state index in [1.165, 1.54) is 6.08 Å². The fourth-order valence-corrected chi connectivity index (χ4v) is 1.03. The van der Waals surface area contributed by atoms with Crippen molar-refractivity contribution in [3.63, 3.8) is 0 Å². The molecule has 0 heterocycles. The monoisotopic (exact) mass is 205 g/mol. The van der Waals surface area contributed by atoms with Gasteiger partial charge in [-0.1, -0.05) is 25.1 Å². The highest BCUT2D eigenvalue weighted by Crippen LogP contribution is 2.06. The van der Waals surface area contributed by atoms with Gasteiger partial charge in [0.25, 0.3) is 0 Å². The summed E-state index contributed by atoms with van der Waals surface area (Å²) in [6.07, 6.45) is 1.08. The number of carbonyl (C=O) groups excluding carboxylic acids is 2. The number of hydrogen-bond donors (Lipinski definition) is 0. The maximum atomic E-state index is 11.5. The number of nitrogens with zero attached hydrogens (tertiary/aromatic N) is 1. The smallest absolute Gasteiger partial charge is 0.340 e. The molecule has 15 heavy (non-hydrogen) atoms. The lowest BCUT2D eigenvalue weighted by Gasteiger charge is -2.09. The maximum Gasteiger partial charge on any atom is 0.340 e. The van der Waals surface area contributed by atoms with Gasteiger partial charge in [0, 0.05) is 6.42 Å². The molecular formula is C11H11NO3. The Kier molecular flexibility index (Phi) is 4.26. The van der Waals surface area contributed by atoms with Gasteiger partial charge >= 0.3 is 5.97 Å². The van der Waals surface area contributed by atoms with Crippen LogP contribution in [0.25, 0.3) is 0 Å². The summed E-state index contributed by atoms with van der Waals surface area (Å²) in [6, 6.07) is 8.55. The summed E-state index contributed by atoms with van der Waals surface area (Å²) < 4.78 is 4.96. The van der Waals surface area contributed by atoms with Gasteiger partial charge in [0.1, 0.15) is 0 Å². The van der Waals surface area contributed by atoms with Crippen LogP contribution in [-0.2, 0) is 9.53 Å². The second kappa shape index (κ2) is 5.73. The van der Waals surface area contributed by atoms with Crippen molar-refractivity contribution in [2.24, 2.45) is 4.99 Å². The molecule has 78 valence electrons. The van der Waals surface area contributed by atoms with Crippen molar-refractivity contribution in [3.05, 3.63) is 35.9 Å². The van der Waals surface area contributed by atoms with Crippen molar-refractivity contribution in [2.75, 3.05) is 0 Å². The SMILES string of the molecule is CCC(N=C=O)OC(=O)c1ccccc1. The van der Waals surface area contributed by atoms with Crippen molar-refractivity contribution in [3.8, 4) is 0 Å². The third-order valence-electron chi connectivity index (χ3n) is 1.80. The Bertz CT molecular complexity index is 369. The predicted molar refractivity (Wildman–Crippen MR) is 54.1 cm³/mol. The normalized spacial score (nSPS) is 11.3. The number of esters is 1. The fourth-order valence-electron chi connectivity index (χ4n) is 1.03. The lowest BCUT2D eigenvalue weighted by atomic mass is 10.2. The molecule has 0 aliphatic rings. The summed E-state index contributed by atoms with van der Waals surface area (Å²) in [7, 11) is 0. The van der Waals surface area contributed by atoms with Gasteiger partial charge in [-0.3, -0.25) is 0 Å². The third kappa shape index (κ3) is 3.37. The zero-order chi connectivity index (χ0) is 11.1. The highest BCUT2D eigenvalue weighted by atomic mass is 16.6. The van der Waals surface area contributed by atoms with Crippen LogP contribution >= 0.6 is 0 Å². The number of ether oxygens (including phenoxy) is 1. The molecule has 1 atom stereocenters. The molecule has 0 fully saturated rings. The summed E-state index contributed by atoms with van der Waals surface area (Å²) >= 11 is 0. The highest BCUT2D eigenvalue weighted by molar-refractivity contribution is 5.89. The standard InChI is InChI=1S/C11H11NO3/c1-2-10(12-8-13)15-11(14)9-6-4-3-5-7-9/h3-7,10H,2H2,1H3. The first-order valence-corrected chi connectivity index (χ1v) is 4.61. The molecule has 0 saturated heterocycles. The fraction of sp³-hybridized carbons (Fsp3) is 0.273. The molecule has 1 rings (SSSR count). The number of isocyanates is 1. The Hall–Kier alpha value is -1.93. The maximum absolute atomic E-state index is 11.5. The highest BCUT2D eigenvalue weighted by Gasteiger charge is 2.12. The van der Waals surface area contributed by atoms with Crippen LogP contribution in [0.15, 0.2) is 35.3 Å². The molecule has 0 aliphatic heterocycles. The molecule has 1 aromatic rings. The second-order valence-corrected chi connectivity index (χ2v) is 2.85. The molecule has 0 aliphatic carbocycles. The predicted octanol–water partition coefficient (Wildman–Crippen LogP) is 1.92. The number of aliphatic imine (C=N–C) groups is 1. The first-order valence-electron chi connectivity index (χ1n) is 4.61. The van der Waals surface area contributed by atoms with E-state index in [-0.39, 0.29) is 0 Å². The minimum Gasteiger partial charge on any atom is -0.435 e. The molecule has 1 aromatic carbocycles. The topological polar surface area (TPSA) is 55.7 Å². The van der Waals surface area contributed by atoms with Crippen molar-refractivity contribution < 1.29 is 14.3 Å². The molecule has 0 bridgehead atoms. The van der Waals surface area contributed by atoms with Crippen LogP contribution in [0.5, 0.6) is 0 Å². The van der Waals surface area contributed by atoms with E-state index < -0.39 is 12.2 Å². The van der Waals surface area contributed by atoms with E-state index >= 15 is 0 Å². The molecule has 0 saturated carbocycles. The van der Waals surface area contributed by atoms with E-state index in [2.05, 4.69) is 4.99 Å². The molecule has 0 amide bonds. The van der Waals surface area contributed by atoms with Crippen molar-refractivity contribution in [1.29, 1.82) is 0 Å². The van der Waals surface area contributed by atoms with E-state index in [4.69, 9.17) is 4.74 Å². The van der Waals surface area contributed by atoms with Gasteiger partial charge in [-0.2, -0.15) is 4.99 Å². The Labute approximate surface area is 87.6 Å². The van der Waals surface area contributed by atoms with Gasteiger partial charge < -0.3 is 4.74 Å². The molecule has 4 nitrogen and oxygen atoms in total. The van der Waals surface area contributed by atoms with E-state index in [1.54, 1.807) is 37.3 Å². The summed E-state index contributed by atoms with van der Waals surface area (Å²) in [4.78, 5) is 24.8. The zero-order valence-corrected chi connectivity index (χ0v) is 8.34. The Balaban J connectivity index is 2.66. The quantitative estimate of drug-likeness (QED) is 0.428. The molecule has 0 aromatic heterocycles. The lowest BCUT2D eigenvalue weighted by molar-refractivity contribution is 0.0314. The Morgan fingerprint density at radius 1 is 1.47 bits per heavy atom. The molecule has 1 unspecified atom stereocenters. The van der Waals surface area contributed by atoms with E-state index in [0.29, 0.717) is 12.0 Å². The first-order chi connectivity index (χ1) is 7.27. The minimum atomic E-state index is -0.741. The van der Waals surface area contributed by atoms with Gasteiger partial charge in [0.15, 0.2) is 0 Å². The van der Waals surface area contributed by atoms with Gasteiger partial charge in [-0.25, -0.2) is 9.59 Å². The van der Waals surface area contributed by atoms with Crippen LogP contribution in [0.4, 0.5) is 0 Å². The summed E-state index contributed by atoms with van der Waals surface area (Å²) in [5.41, 5.74) is 0.442. The van der Waals surface area contributed by atoms with E-state index in [1.807, 2.05) is 0 Å². The zero-order valence-electron chi connectivity index (χ0n) is 8.34. The summed E-state index contributed by atoms with van der Waals surface area (Å²) in [5.74, 6) is -0.485. The van der Waals surface area contributed by atoms with Crippen LogP contribution in [0.3, 0.4) is 0 Å². The van der Waals surface area contributed by atoms with E-state index in [9.17, 15) is 9.59 Å². The Morgan fingerprint density at radius 2 is 2.13 bits per heavy atom. The molecule has 4 heteroatoms. The van der Waals surface area contributed by atoms with Crippen LogP contribution in [-0.4, -0.2) is 18.3 Å². The molecule has 0 radical (unpaired) electrons. The van der Waals surface area contributed by atoms with Gasteiger partial charge in [-0.15, -0.1) is 0 Å². The van der Waals surface area contributed by atoms with Crippen molar-refractivity contribution in [2.45, 2.75) is 19.6 Å². The number of benzene rings is 1. The lowest BCUT2D eigenvalue weighted by Crippen LogP contribution is -2.15. The summed E-state index contributed by atoms with van der Waals surface area (Å²) in [5, 5.41) is 0. The third-order valence-corrected chi connectivity index (χ3v) is 1.80. The van der Waals surface area contributed by atoms with Gasteiger partial charge in [0.2, 0.25) is 12.3 Å². The van der Waals surface area contributed by atoms with Crippen molar-refractivity contribution >= 4 is 12.0 Å². The molecular weight excluding hydrogens is 194 g/mol. The minimum absolute atomic E-state index is 0.442. The number of hydrogen-bond acceptors (Lipinski definition) is 4. The van der Waals surface area contributed by atoms with Gasteiger partial charge in [0.05, 0.1) is 5.56 Å². The van der Waals surface area contributed by atoms with E-state index in [0.717, 1.165) is 0 Å². The summed E-state index contributed by atoms with van der Waals surface area (Å²) in [6.45, 7) is 1.77. The first kappa shape index (κ1) is 11.1. The largest absolute Gasteiger partial charge is 0.435 e. The van der Waals surface area contributed by atoms with Crippen LogP contribution in [0.2, 0.25) is 0 Å². The van der Waals surface area contributed by atoms with Crippen LogP contribution in [0, 0.1) is 0 Å². The van der Waals surface area contributed by atoms with Crippen LogP contribution < -0.4 is 0 Å². The average Bonchev–Trinajstić information content (AvgIpc) is 2.29. The van der Waals surface area contributed by atoms with Crippen molar-refractivity contribution in [1.82, 2.24) is 0 Å². The number of rotatable bonds is 4. The van der Waals surface area contributed by atoms with Gasteiger partial charge in [-0.05, 0) is 12.1 Å². The van der Waals surface area contributed by atoms with Crippen LogP contribution in [0.1, 0.15) is 23.7 Å². The Morgan fingerprint density at radius 3 is 2.67 bits per heavy atom. The molecule has 0 N–H and O–H groups in total. The molecule has 0 spiro atoms.